The van der Waals surface area contributed by atoms with E-state index in [0.717, 1.165) is 18.4 Å². The molecule has 0 heterocycles. The van der Waals surface area contributed by atoms with Crippen molar-refractivity contribution in [3.8, 4) is 5.75 Å². The Morgan fingerprint density at radius 2 is 2.00 bits per heavy atom. The third kappa shape index (κ3) is 5.64. The molecule has 29 heavy (non-hydrogen) atoms. The number of nitrogens with zero attached hydrogens (tertiary/aromatic N) is 1. The van der Waals surface area contributed by atoms with E-state index in [1.165, 1.54) is 5.56 Å². The fraction of sp³-hybridized carbons (Fsp3) is 0.435. The molecule has 0 aromatic heterocycles. The highest BCUT2D eigenvalue weighted by Gasteiger charge is 2.32. The van der Waals surface area contributed by atoms with E-state index in [1.54, 1.807) is 41.3 Å². The van der Waals surface area contributed by atoms with Gasteiger partial charge in [-0.3, -0.25) is 0 Å². The molecule has 1 aliphatic rings. The molecule has 0 aliphatic heterocycles. The van der Waals surface area contributed by atoms with Gasteiger partial charge in [0.15, 0.2) is 0 Å². The number of benzene rings is 2. The van der Waals surface area contributed by atoms with Crippen molar-refractivity contribution in [2.24, 2.45) is 0 Å². The molecule has 2 atom stereocenters. The largest absolute Gasteiger partial charge is 0.508 e. The number of hydrogen-bond acceptors (Lipinski definition) is 4. The van der Waals surface area contributed by atoms with Gasteiger partial charge in [-0.2, -0.15) is 0 Å². The van der Waals surface area contributed by atoms with Gasteiger partial charge in [-0.05, 0) is 81.0 Å². The van der Waals surface area contributed by atoms with Gasteiger partial charge >= 0.3 is 6.09 Å². The van der Waals surface area contributed by atoms with Gasteiger partial charge in [-0.25, -0.2) is 4.79 Å². The number of aromatic hydroxyl groups is 1. The summed E-state index contributed by atoms with van der Waals surface area (Å²) in [6, 6.07) is 12.3. The number of ether oxygens (including phenoxy) is 1. The summed E-state index contributed by atoms with van der Waals surface area (Å²) in [6.07, 6.45) is 0.830. The normalized spacial score (nSPS) is 17.3. The Bertz CT molecular complexity index is 877. The summed E-state index contributed by atoms with van der Waals surface area (Å²) < 4.78 is 5.63. The van der Waals surface area contributed by atoms with Gasteiger partial charge in [0, 0.05) is 11.1 Å². The van der Waals surface area contributed by atoms with E-state index in [-0.39, 0.29) is 18.3 Å². The van der Waals surface area contributed by atoms with Crippen molar-refractivity contribution in [3.05, 3.63) is 64.2 Å². The monoisotopic (exact) mass is 417 g/mol. The second kappa shape index (κ2) is 8.64. The number of aliphatic hydroxyl groups excluding tert-OH is 1. The maximum atomic E-state index is 13.0. The number of amides is 1. The minimum absolute atomic E-state index is 0.105. The van der Waals surface area contributed by atoms with E-state index in [0.29, 0.717) is 17.0 Å². The third-order valence-corrected chi connectivity index (χ3v) is 5.30. The summed E-state index contributed by atoms with van der Waals surface area (Å²) in [5.41, 5.74) is 2.21. The number of aliphatic hydroxyl groups is 1. The smallest absolute Gasteiger partial charge is 0.410 e. The Labute approximate surface area is 176 Å². The van der Waals surface area contributed by atoms with Gasteiger partial charge in [0.2, 0.25) is 0 Å². The number of phenolic OH excluding ortho intramolecular Hbond substituents is 1. The lowest BCUT2D eigenvalue weighted by molar-refractivity contribution is 0.00196. The molecule has 5 nitrogen and oxygen atoms in total. The lowest BCUT2D eigenvalue weighted by Gasteiger charge is -2.37. The quantitative estimate of drug-likeness (QED) is 0.744. The second-order valence-electron chi connectivity index (χ2n) is 8.55. The number of fused-ring (bicyclic) bond motifs is 1. The zero-order valence-corrected chi connectivity index (χ0v) is 17.8. The van der Waals surface area contributed by atoms with Gasteiger partial charge in [0.1, 0.15) is 11.4 Å². The Morgan fingerprint density at radius 1 is 1.24 bits per heavy atom. The average molecular weight is 418 g/mol. The number of phenols is 1. The van der Waals surface area contributed by atoms with Crippen LogP contribution in [-0.2, 0) is 17.6 Å². The van der Waals surface area contributed by atoms with Crippen LogP contribution in [0.25, 0.3) is 0 Å². The maximum absolute atomic E-state index is 13.0. The lowest BCUT2D eigenvalue weighted by Crippen LogP contribution is -2.47. The average Bonchev–Trinajstić information content (AvgIpc) is 2.63. The summed E-state index contributed by atoms with van der Waals surface area (Å²) in [6.45, 7) is 5.58. The first-order chi connectivity index (χ1) is 13.6. The van der Waals surface area contributed by atoms with Crippen molar-refractivity contribution in [3.63, 3.8) is 0 Å². The van der Waals surface area contributed by atoms with Crippen molar-refractivity contribution >= 4 is 17.7 Å². The molecule has 3 rings (SSSR count). The van der Waals surface area contributed by atoms with Crippen LogP contribution in [0.1, 0.15) is 50.0 Å². The topological polar surface area (TPSA) is 70.0 Å². The van der Waals surface area contributed by atoms with Gasteiger partial charge < -0.3 is 19.8 Å². The molecule has 2 aromatic carbocycles. The molecule has 0 saturated carbocycles. The molecule has 2 aromatic rings. The minimum Gasteiger partial charge on any atom is -0.508 e. The van der Waals surface area contributed by atoms with Crippen LogP contribution < -0.4 is 0 Å². The van der Waals surface area contributed by atoms with Crippen molar-refractivity contribution in [2.75, 3.05) is 6.54 Å². The number of halogens is 1. The molecule has 0 spiro atoms. The number of hydrogen-bond donors (Lipinski definition) is 2. The van der Waals surface area contributed by atoms with Gasteiger partial charge in [-0.15, -0.1) is 0 Å². The van der Waals surface area contributed by atoms with Crippen molar-refractivity contribution in [1.29, 1.82) is 0 Å². The molecule has 2 N–H and O–H groups in total. The second-order valence-corrected chi connectivity index (χ2v) is 8.99. The fourth-order valence-corrected chi connectivity index (χ4v) is 3.89. The van der Waals surface area contributed by atoms with E-state index >= 15 is 0 Å². The maximum Gasteiger partial charge on any atom is 0.410 e. The van der Waals surface area contributed by atoms with Crippen molar-refractivity contribution < 1.29 is 19.7 Å². The zero-order valence-electron chi connectivity index (χ0n) is 17.1. The molecule has 0 saturated heterocycles. The van der Waals surface area contributed by atoms with Crippen LogP contribution in [0, 0.1) is 0 Å². The van der Waals surface area contributed by atoms with Crippen molar-refractivity contribution in [2.45, 2.75) is 57.8 Å². The predicted molar refractivity (Wildman–Crippen MR) is 113 cm³/mol. The van der Waals surface area contributed by atoms with Crippen LogP contribution in [0.3, 0.4) is 0 Å². The molecule has 0 bridgehead atoms. The summed E-state index contributed by atoms with van der Waals surface area (Å²) in [5.74, 6) is 0.215. The number of rotatable bonds is 4. The molecule has 1 aliphatic carbocycles. The first-order valence-corrected chi connectivity index (χ1v) is 10.2. The van der Waals surface area contributed by atoms with E-state index in [2.05, 4.69) is 0 Å². The van der Waals surface area contributed by atoms with E-state index in [9.17, 15) is 15.0 Å². The molecule has 156 valence electrons. The van der Waals surface area contributed by atoms with E-state index in [1.807, 2.05) is 26.8 Å². The van der Waals surface area contributed by atoms with Crippen LogP contribution in [0.2, 0.25) is 5.02 Å². The Morgan fingerprint density at radius 3 is 2.69 bits per heavy atom. The number of carbonyl (C=O) groups excluding carboxylic acids is 1. The summed E-state index contributed by atoms with van der Waals surface area (Å²) in [5, 5.41) is 21.2. The lowest BCUT2D eigenvalue weighted by atomic mass is 9.87. The highest BCUT2D eigenvalue weighted by molar-refractivity contribution is 6.30. The molecule has 0 fully saturated rings. The van der Waals surface area contributed by atoms with Crippen LogP contribution in [-0.4, -0.2) is 39.4 Å². The van der Waals surface area contributed by atoms with Crippen molar-refractivity contribution in [1.82, 2.24) is 4.90 Å². The van der Waals surface area contributed by atoms with Gasteiger partial charge in [-0.1, -0.05) is 29.8 Å². The fourth-order valence-electron chi connectivity index (χ4n) is 3.69. The summed E-state index contributed by atoms with van der Waals surface area (Å²) in [4.78, 5) is 14.6. The molecule has 2 unspecified atom stereocenters. The Hall–Kier alpha value is -2.24. The first-order valence-electron chi connectivity index (χ1n) is 9.86. The Balaban J connectivity index is 1.84. The third-order valence-electron chi connectivity index (χ3n) is 5.06. The number of carbonyl (C=O) groups is 1. The first kappa shape index (κ1) is 21.5. The van der Waals surface area contributed by atoms with Crippen LogP contribution in [0.5, 0.6) is 5.75 Å². The zero-order chi connectivity index (χ0) is 21.2. The predicted octanol–water partition coefficient (Wildman–Crippen LogP) is 4.87. The molecule has 6 heteroatoms. The van der Waals surface area contributed by atoms with Crippen LogP contribution in [0.4, 0.5) is 4.79 Å². The number of aryl methyl sites for hydroxylation is 1. The minimum atomic E-state index is -0.883. The Kier molecular flexibility index (Phi) is 6.39. The molecule has 1 amide bonds. The van der Waals surface area contributed by atoms with Gasteiger partial charge in [0.05, 0.1) is 12.6 Å². The summed E-state index contributed by atoms with van der Waals surface area (Å²) >= 11 is 6.05. The van der Waals surface area contributed by atoms with E-state index in [4.69, 9.17) is 16.3 Å². The molecular formula is C23H28ClNO4. The highest BCUT2D eigenvalue weighted by atomic mass is 35.5. The van der Waals surface area contributed by atoms with Gasteiger partial charge in [0.25, 0.3) is 0 Å². The SMILES string of the molecule is CC(C)(C)OC(=O)N(CC(O)c1cccc(Cl)c1)C1CCc2ccc(O)cc2C1. The molecular weight excluding hydrogens is 390 g/mol. The van der Waals surface area contributed by atoms with E-state index < -0.39 is 17.8 Å². The summed E-state index contributed by atoms with van der Waals surface area (Å²) in [7, 11) is 0. The van der Waals surface area contributed by atoms with Crippen LogP contribution in [0.15, 0.2) is 42.5 Å². The molecule has 0 radical (unpaired) electrons. The standard InChI is InChI=1S/C23H28ClNO4/c1-23(2,3)29-22(28)25(14-21(27)16-5-4-6-18(24)11-16)19-9-7-15-8-10-20(26)13-17(15)12-19/h4-6,8,10-11,13,19,21,26-27H,7,9,12,14H2,1-3H3. The highest BCUT2D eigenvalue weighted by Crippen LogP contribution is 2.30. The van der Waals surface area contributed by atoms with Crippen LogP contribution >= 0.6 is 11.6 Å².